The van der Waals surface area contributed by atoms with Crippen LogP contribution < -0.4 is 10.2 Å². The molecular weight excluding hydrogens is 274 g/mol. The lowest BCUT2D eigenvalue weighted by Crippen LogP contribution is -2.25. The van der Waals surface area contributed by atoms with Gasteiger partial charge in [-0.3, -0.25) is 4.79 Å². The Morgan fingerprint density at radius 2 is 1.86 bits per heavy atom. The number of amides is 1. The summed E-state index contributed by atoms with van der Waals surface area (Å²) in [6, 6.07) is 9.88. The molecule has 4 nitrogen and oxygen atoms in total. The summed E-state index contributed by atoms with van der Waals surface area (Å²) >= 11 is 0. The van der Waals surface area contributed by atoms with Gasteiger partial charge in [0, 0.05) is 25.3 Å². The third-order valence-electron chi connectivity index (χ3n) is 3.51. The fourth-order valence-electron chi connectivity index (χ4n) is 2.16. The van der Waals surface area contributed by atoms with Crippen molar-refractivity contribution in [3.8, 4) is 6.07 Å². The summed E-state index contributed by atoms with van der Waals surface area (Å²) in [6.07, 6.45) is 3.56. The molecule has 0 aromatic heterocycles. The Balaban J connectivity index is 2.81. The molecule has 0 saturated carbocycles. The lowest BCUT2D eigenvalue weighted by molar-refractivity contribution is -0.117. The zero-order valence-corrected chi connectivity index (χ0v) is 13.7. The zero-order chi connectivity index (χ0) is 16.4. The van der Waals surface area contributed by atoms with Crippen molar-refractivity contribution in [3.63, 3.8) is 0 Å². The minimum atomic E-state index is -0.302. The monoisotopic (exact) mass is 299 g/mol. The number of benzene rings is 1. The van der Waals surface area contributed by atoms with Crippen molar-refractivity contribution in [3.05, 3.63) is 35.4 Å². The summed E-state index contributed by atoms with van der Waals surface area (Å²) in [4.78, 5) is 14.2. The van der Waals surface area contributed by atoms with Crippen LogP contribution in [0.2, 0.25) is 0 Å². The molecule has 22 heavy (non-hydrogen) atoms. The second-order valence-corrected chi connectivity index (χ2v) is 5.04. The van der Waals surface area contributed by atoms with Gasteiger partial charge < -0.3 is 10.2 Å². The Labute approximate surface area is 133 Å². The van der Waals surface area contributed by atoms with Gasteiger partial charge in [-0.25, -0.2) is 0 Å². The summed E-state index contributed by atoms with van der Waals surface area (Å²) in [5.74, 6) is -0.302. The highest BCUT2D eigenvalue weighted by Gasteiger charge is 2.08. The fourth-order valence-corrected chi connectivity index (χ4v) is 2.16. The van der Waals surface area contributed by atoms with Crippen molar-refractivity contribution in [1.82, 2.24) is 5.32 Å². The molecule has 1 aromatic carbocycles. The number of unbranched alkanes of at least 4 members (excludes halogenated alkanes) is 1. The minimum absolute atomic E-state index is 0.145. The van der Waals surface area contributed by atoms with E-state index in [1.807, 2.05) is 30.3 Å². The van der Waals surface area contributed by atoms with Gasteiger partial charge in [-0.05, 0) is 44.0 Å². The van der Waals surface area contributed by atoms with Gasteiger partial charge in [0.05, 0.1) is 0 Å². The second kappa shape index (κ2) is 9.62. The van der Waals surface area contributed by atoms with Gasteiger partial charge in [0.2, 0.25) is 0 Å². The molecule has 118 valence electrons. The molecule has 0 unspecified atom stereocenters. The number of carbonyl (C=O) groups is 1. The highest BCUT2D eigenvalue weighted by molar-refractivity contribution is 6.01. The SMILES string of the molecule is CCCCNC(=O)C(C#N)=Cc1ccc(N(CC)CC)cc1. The molecule has 0 aliphatic carbocycles. The summed E-state index contributed by atoms with van der Waals surface area (Å²) in [6.45, 7) is 8.81. The van der Waals surface area contributed by atoms with Gasteiger partial charge in [-0.2, -0.15) is 5.26 Å². The van der Waals surface area contributed by atoms with Crippen LogP contribution in [0.25, 0.3) is 6.08 Å². The Kier molecular flexibility index (Phi) is 7.77. The Bertz CT molecular complexity index is 536. The first-order chi connectivity index (χ1) is 10.7. The molecular formula is C18H25N3O. The first-order valence-corrected chi connectivity index (χ1v) is 7.91. The van der Waals surface area contributed by atoms with E-state index in [0.29, 0.717) is 6.54 Å². The number of anilines is 1. The second-order valence-electron chi connectivity index (χ2n) is 5.04. The zero-order valence-electron chi connectivity index (χ0n) is 13.7. The summed E-state index contributed by atoms with van der Waals surface area (Å²) in [5.41, 5.74) is 2.15. The summed E-state index contributed by atoms with van der Waals surface area (Å²) in [5, 5.41) is 11.9. The van der Waals surface area contributed by atoms with Gasteiger partial charge in [0.25, 0.3) is 5.91 Å². The van der Waals surface area contributed by atoms with Gasteiger partial charge >= 0.3 is 0 Å². The number of nitrogens with zero attached hydrogens (tertiary/aromatic N) is 2. The normalized spacial score (nSPS) is 10.9. The average molecular weight is 299 g/mol. The standard InChI is InChI=1S/C18H25N3O/c1-4-7-12-20-18(22)16(14-19)13-15-8-10-17(11-9-15)21(5-2)6-3/h8-11,13H,4-7,12H2,1-3H3,(H,20,22). The molecule has 0 aliphatic heterocycles. The maximum Gasteiger partial charge on any atom is 0.261 e. The minimum Gasteiger partial charge on any atom is -0.372 e. The van der Waals surface area contributed by atoms with Crippen LogP contribution in [0, 0.1) is 11.3 Å². The first kappa shape index (κ1) is 17.8. The third-order valence-corrected chi connectivity index (χ3v) is 3.51. The van der Waals surface area contributed by atoms with Crippen LogP contribution >= 0.6 is 0 Å². The lowest BCUT2D eigenvalue weighted by Gasteiger charge is -2.20. The van der Waals surface area contributed by atoms with E-state index < -0.39 is 0 Å². The van der Waals surface area contributed by atoms with Crippen LogP contribution in [0.15, 0.2) is 29.8 Å². The highest BCUT2D eigenvalue weighted by atomic mass is 16.1. The Hall–Kier alpha value is -2.28. The molecule has 4 heteroatoms. The molecule has 0 saturated heterocycles. The van der Waals surface area contributed by atoms with E-state index in [0.717, 1.165) is 37.2 Å². The predicted octanol–water partition coefficient (Wildman–Crippen LogP) is 3.36. The van der Waals surface area contributed by atoms with Crippen LogP contribution in [0.5, 0.6) is 0 Å². The van der Waals surface area contributed by atoms with Crippen LogP contribution in [0.3, 0.4) is 0 Å². The fraction of sp³-hybridized carbons (Fsp3) is 0.444. The Morgan fingerprint density at radius 3 is 2.36 bits per heavy atom. The molecule has 1 aromatic rings. The third kappa shape index (κ3) is 5.25. The number of rotatable bonds is 8. The molecule has 1 N–H and O–H groups in total. The molecule has 0 radical (unpaired) electrons. The van der Waals surface area contributed by atoms with Crippen LogP contribution in [0.4, 0.5) is 5.69 Å². The van der Waals surface area contributed by atoms with Gasteiger partial charge in [-0.15, -0.1) is 0 Å². The summed E-state index contributed by atoms with van der Waals surface area (Å²) in [7, 11) is 0. The number of hydrogen-bond donors (Lipinski definition) is 1. The van der Waals surface area contributed by atoms with E-state index in [2.05, 4.69) is 31.0 Å². The number of nitrogens with one attached hydrogen (secondary N) is 1. The molecule has 0 bridgehead atoms. The summed E-state index contributed by atoms with van der Waals surface area (Å²) < 4.78 is 0. The smallest absolute Gasteiger partial charge is 0.261 e. The van der Waals surface area contributed by atoms with Crippen molar-refractivity contribution in [1.29, 1.82) is 5.26 Å². The molecule has 0 atom stereocenters. The largest absolute Gasteiger partial charge is 0.372 e. The number of hydrogen-bond acceptors (Lipinski definition) is 3. The van der Waals surface area contributed by atoms with Crippen molar-refractivity contribution < 1.29 is 4.79 Å². The number of carbonyl (C=O) groups excluding carboxylic acids is 1. The van der Waals surface area contributed by atoms with E-state index in [-0.39, 0.29) is 11.5 Å². The predicted molar refractivity (Wildman–Crippen MR) is 91.5 cm³/mol. The molecule has 1 amide bonds. The van der Waals surface area contributed by atoms with Crippen molar-refractivity contribution in [2.24, 2.45) is 0 Å². The van der Waals surface area contributed by atoms with Gasteiger partial charge in [0.1, 0.15) is 11.6 Å². The van der Waals surface area contributed by atoms with E-state index in [1.165, 1.54) is 0 Å². The highest BCUT2D eigenvalue weighted by Crippen LogP contribution is 2.16. The lowest BCUT2D eigenvalue weighted by atomic mass is 10.1. The van der Waals surface area contributed by atoms with Crippen LogP contribution in [0.1, 0.15) is 39.2 Å². The van der Waals surface area contributed by atoms with Crippen molar-refractivity contribution in [2.75, 3.05) is 24.5 Å². The average Bonchev–Trinajstić information content (AvgIpc) is 2.55. The van der Waals surface area contributed by atoms with Crippen molar-refractivity contribution >= 4 is 17.7 Å². The molecule has 0 fully saturated rings. The van der Waals surface area contributed by atoms with E-state index in [9.17, 15) is 4.79 Å². The topological polar surface area (TPSA) is 56.1 Å². The molecule has 1 rings (SSSR count). The molecule has 0 spiro atoms. The van der Waals surface area contributed by atoms with Crippen LogP contribution in [-0.4, -0.2) is 25.5 Å². The molecule has 0 aliphatic rings. The van der Waals surface area contributed by atoms with Gasteiger partial charge in [0.15, 0.2) is 0 Å². The number of nitriles is 1. The Morgan fingerprint density at radius 1 is 1.23 bits per heavy atom. The van der Waals surface area contributed by atoms with E-state index in [4.69, 9.17) is 5.26 Å². The molecule has 0 heterocycles. The maximum atomic E-state index is 11.9. The van der Waals surface area contributed by atoms with Gasteiger partial charge in [-0.1, -0.05) is 25.5 Å². The quantitative estimate of drug-likeness (QED) is 0.455. The van der Waals surface area contributed by atoms with E-state index in [1.54, 1.807) is 6.08 Å². The maximum absolute atomic E-state index is 11.9. The van der Waals surface area contributed by atoms with Crippen molar-refractivity contribution in [2.45, 2.75) is 33.6 Å². The first-order valence-electron chi connectivity index (χ1n) is 7.91. The van der Waals surface area contributed by atoms with Crippen LogP contribution in [-0.2, 0) is 4.79 Å². The van der Waals surface area contributed by atoms with E-state index >= 15 is 0 Å².